The first kappa shape index (κ1) is 35.4. The van der Waals surface area contributed by atoms with Crippen LogP contribution in [0.2, 0.25) is 0 Å². The van der Waals surface area contributed by atoms with Gasteiger partial charge in [0, 0.05) is 63.8 Å². The van der Waals surface area contributed by atoms with Crippen molar-refractivity contribution in [3.05, 3.63) is 41.8 Å². The third-order valence-electron chi connectivity index (χ3n) is 9.06. The van der Waals surface area contributed by atoms with Crippen LogP contribution >= 0.6 is 0 Å². The van der Waals surface area contributed by atoms with E-state index in [0.29, 0.717) is 30.9 Å². The predicted octanol–water partition coefficient (Wildman–Crippen LogP) is 6.46. The zero-order valence-corrected chi connectivity index (χ0v) is 29.2. The van der Waals surface area contributed by atoms with Crippen molar-refractivity contribution in [3.63, 3.8) is 0 Å². The molecule has 46 heavy (non-hydrogen) atoms. The standard InChI is InChI=1S/C35H53FN6O4/c1-10-42(25(4)5)32(43)27-20-26(36)13-14-30(27)45-31-29(15-17-37-38-31)40-19-16-35(21-40)22-41(23-35)28(24(2)3)12-11-18-39(9)33(44)46-34(6,7)8/h13-15,17,20,24-25,28H,10-12,16,18-19,21-23H2,1-9H3. The number of nitrogens with zero attached hydrogens (tertiary/aromatic N) is 6. The van der Waals surface area contributed by atoms with Gasteiger partial charge in [-0.3, -0.25) is 9.69 Å². The summed E-state index contributed by atoms with van der Waals surface area (Å²) in [4.78, 5) is 34.0. The quantitative estimate of drug-likeness (QED) is 0.261. The van der Waals surface area contributed by atoms with Crippen LogP contribution in [0.4, 0.5) is 14.9 Å². The van der Waals surface area contributed by atoms with Crippen LogP contribution in [0.3, 0.4) is 0 Å². The number of amides is 2. The monoisotopic (exact) mass is 640 g/mol. The molecule has 1 aromatic carbocycles. The van der Waals surface area contributed by atoms with E-state index >= 15 is 0 Å². The molecule has 0 radical (unpaired) electrons. The second kappa shape index (κ2) is 14.5. The number of hydrogen-bond donors (Lipinski definition) is 0. The smallest absolute Gasteiger partial charge is 0.410 e. The summed E-state index contributed by atoms with van der Waals surface area (Å²) in [6, 6.07) is 6.30. The van der Waals surface area contributed by atoms with Gasteiger partial charge in [-0.05, 0) is 91.0 Å². The minimum Gasteiger partial charge on any atom is -0.444 e. The van der Waals surface area contributed by atoms with E-state index < -0.39 is 11.4 Å². The molecule has 254 valence electrons. The number of hydrogen-bond acceptors (Lipinski definition) is 8. The number of aromatic nitrogens is 2. The largest absolute Gasteiger partial charge is 0.444 e. The Kier molecular flexibility index (Phi) is 11.2. The number of likely N-dealkylation sites (tertiary alicyclic amines) is 1. The topological polar surface area (TPSA) is 91.3 Å². The van der Waals surface area contributed by atoms with Crippen LogP contribution in [0.25, 0.3) is 0 Å². The lowest BCUT2D eigenvalue weighted by Gasteiger charge is -2.53. The van der Waals surface area contributed by atoms with Crippen LogP contribution in [-0.4, -0.2) is 101 Å². The summed E-state index contributed by atoms with van der Waals surface area (Å²) in [5.74, 6) is 0.272. The van der Waals surface area contributed by atoms with Gasteiger partial charge in [0.25, 0.3) is 11.8 Å². The normalized spacial score (nSPS) is 16.9. The first-order valence-electron chi connectivity index (χ1n) is 16.7. The van der Waals surface area contributed by atoms with Crippen molar-refractivity contribution in [2.24, 2.45) is 11.3 Å². The van der Waals surface area contributed by atoms with Gasteiger partial charge in [0.05, 0.1) is 11.8 Å². The van der Waals surface area contributed by atoms with Gasteiger partial charge in [0.1, 0.15) is 22.9 Å². The zero-order chi connectivity index (χ0) is 33.8. The molecule has 0 aliphatic carbocycles. The number of halogens is 1. The fourth-order valence-corrected chi connectivity index (χ4v) is 6.74. The molecular formula is C35H53FN6O4. The molecule has 2 aromatic rings. The van der Waals surface area contributed by atoms with Crippen LogP contribution in [-0.2, 0) is 4.74 Å². The Bertz CT molecular complexity index is 1360. The summed E-state index contributed by atoms with van der Waals surface area (Å²) in [6.45, 7) is 20.9. The van der Waals surface area contributed by atoms with Crippen molar-refractivity contribution in [3.8, 4) is 11.6 Å². The van der Waals surface area contributed by atoms with Crippen molar-refractivity contribution < 1.29 is 23.5 Å². The molecule has 0 N–H and O–H groups in total. The summed E-state index contributed by atoms with van der Waals surface area (Å²) in [6.07, 6.45) is 4.35. The third-order valence-corrected chi connectivity index (χ3v) is 9.06. The lowest BCUT2D eigenvalue weighted by Crippen LogP contribution is -2.62. The second-order valence-corrected chi connectivity index (χ2v) is 14.6. The van der Waals surface area contributed by atoms with Crippen molar-refractivity contribution >= 4 is 17.7 Å². The Morgan fingerprint density at radius 2 is 1.83 bits per heavy atom. The third kappa shape index (κ3) is 8.46. The molecule has 1 spiro atoms. The van der Waals surface area contributed by atoms with Gasteiger partial charge in [-0.25, -0.2) is 9.18 Å². The molecule has 0 saturated carbocycles. The van der Waals surface area contributed by atoms with E-state index in [1.807, 2.05) is 47.6 Å². The number of carbonyl (C=O) groups excluding carboxylic acids is 2. The van der Waals surface area contributed by atoms with Crippen molar-refractivity contribution in [2.45, 2.75) is 92.3 Å². The SMILES string of the molecule is CCN(C(=O)c1cc(F)ccc1Oc1nnccc1N1CCC2(C1)CN(C(CCCN(C)C(=O)OC(C)(C)C)C(C)C)C2)C(C)C. The van der Waals surface area contributed by atoms with E-state index in [1.54, 1.807) is 23.0 Å². The maximum absolute atomic E-state index is 14.3. The number of rotatable bonds is 12. The Labute approximate surface area is 274 Å². The Morgan fingerprint density at radius 1 is 1.11 bits per heavy atom. The molecule has 2 aliphatic heterocycles. The van der Waals surface area contributed by atoms with Crippen LogP contribution in [0.1, 0.15) is 85.0 Å². The second-order valence-electron chi connectivity index (χ2n) is 14.6. The van der Waals surface area contributed by atoms with Gasteiger partial charge in [0.15, 0.2) is 0 Å². The van der Waals surface area contributed by atoms with E-state index in [9.17, 15) is 14.0 Å². The molecule has 2 aliphatic rings. The highest BCUT2D eigenvalue weighted by molar-refractivity contribution is 5.97. The summed E-state index contributed by atoms with van der Waals surface area (Å²) in [5.41, 5.74) is 0.655. The molecule has 1 aromatic heterocycles. The first-order chi connectivity index (χ1) is 21.6. The van der Waals surface area contributed by atoms with Gasteiger partial charge in [0.2, 0.25) is 0 Å². The Morgan fingerprint density at radius 3 is 2.46 bits per heavy atom. The minimum atomic E-state index is -0.501. The molecule has 2 saturated heterocycles. The number of carbonyl (C=O) groups is 2. The average Bonchev–Trinajstić information content (AvgIpc) is 3.40. The molecule has 11 heteroatoms. The first-order valence-corrected chi connectivity index (χ1v) is 16.7. The van der Waals surface area contributed by atoms with Crippen molar-refractivity contribution in [1.29, 1.82) is 0 Å². The molecule has 0 bridgehead atoms. The average molecular weight is 641 g/mol. The lowest BCUT2D eigenvalue weighted by molar-refractivity contribution is -0.0345. The van der Waals surface area contributed by atoms with Crippen molar-refractivity contribution in [2.75, 3.05) is 51.2 Å². The van der Waals surface area contributed by atoms with Gasteiger partial charge >= 0.3 is 6.09 Å². The highest BCUT2D eigenvalue weighted by Crippen LogP contribution is 2.45. The minimum absolute atomic E-state index is 0.0441. The number of ether oxygens (including phenoxy) is 2. The van der Waals surface area contributed by atoms with Gasteiger partial charge in [-0.15, -0.1) is 5.10 Å². The van der Waals surface area contributed by atoms with Gasteiger partial charge < -0.3 is 24.2 Å². The zero-order valence-electron chi connectivity index (χ0n) is 29.2. The molecule has 2 fully saturated rings. The van der Waals surface area contributed by atoms with Crippen LogP contribution in [0.15, 0.2) is 30.5 Å². The van der Waals surface area contributed by atoms with E-state index in [1.165, 1.54) is 18.2 Å². The van der Waals surface area contributed by atoms with Crippen LogP contribution in [0.5, 0.6) is 11.6 Å². The fraction of sp³-hybridized carbons (Fsp3) is 0.657. The molecule has 4 rings (SSSR count). The molecular weight excluding hydrogens is 587 g/mol. The molecule has 10 nitrogen and oxygen atoms in total. The fourth-order valence-electron chi connectivity index (χ4n) is 6.74. The Hall–Kier alpha value is -3.47. The summed E-state index contributed by atoms with van der Waals surface area (Å²) in [7, 11) is 1.80. The molecule has 3 heterocycles. The van der Waals surface area contributed by atoms with Gasteiger partial charge in [-0.1, -0.05) is 13.8 Å². The van der Waals surface area contributed by atoms with E-state index in [2.05, 4.69) is 33.8 Å². The highest BCUT2D eigenvalue weighted by atomic mass is 19.1. The summed E-state index contributed by atoms with van der Waals surface area (Å²) >= 11 is 0. The highest BCUT2D eigenvalue weighted by Gasteiger charge is 2.50. The van der Waals surface area contributed by atoms with Gasteiger partial charge in [-0.2, -0.15) is 5.10 Å². The van der Waals surface area contributed by atoms with Crippen LogP contribution < -0.4 is 9.64 Å². The van der Waals surface area contributed by atoms with E-state index in [4.69, 9.17) is 9.47 Å². The summed E-state index contributed by atoms with van der Waals surface area (Å²) in [5, 5.41) is 8.37. The number of anilines is 1. The predicted molar refractivity (Wildman–Crippen MR) is 178 cm³/mol. The Balaban J connectivity index is 1.39. The maximum atomic E-state index is 14.3. The van der Waals surface area contributed by atoms with E-state index in [0.717, 1.165) is 51.1 Å². The molecule has 1 unspecified atom stereocenters. The summed E-state index contributed by atoms with van der Waals surface area (Å²) < 4.78 is 26.1. The number of benzene rings is 1. The maximum Gasteiger partial charge on any atom is 0.410 e. The molecule has 2 amide bonds. The lowest BCUT2D eigenvalue weighted by atomic mass is 9.76. The van der Waals surface area contributed by atoms with E-state index in [-0.39, 0.29) is 34.8 Å². The van der Waals surface area contributed by atoms with Crippen LogP contribution in [0, 0.1) is 17.2 Å². The van der Waals surface area contributed by atoms with Crippen molar-refractivity contribution in [1.82, 2.24) is 24.9 Å². The molecule has 1 atom stereocenters.